The molecule has 0 radical (unpaired) electrons. The second-order valence-corrected chi connectivity index (χ2v) is 11.0. The molecule has 2 aliphatic heterocycles. The van der Waals surface area contributed by atoms with Gasteiger partial charge in [0.2, 0.25) is 5.78 Å². The monoisotopic (exact) mass is 574 g/mol. The van der Waals surface area contributed by atoms with Crippen molar-refractivity contribution in [2.75, 3.05) is 38.3 Å². The summed E-state index contributed by atoms with van der Waals surface area (Å²) < 4.78 is 11.3. The van der Waals surface area contributed by atoms with Crippen molar-refractivity contribution >= 4 is 46.4 Å². The van der Waals surface area contributed by atoms with Gasteiger partial charge in [-0.05, 0) is 49.6 Å². The molecule has 0 saturated carbocycles. The number of ether oxygens (including phenoxy) is 2. The standard InChI is InChI=1S/C28H29Cl3N4O3/c1-17(18-6-8-19(37-2)9-7-18)33-22-15-38-16-28(22)10-12-35(13-11-28)23-14-32-25(27(31)34-23)26(36)20-4-3-5-21(29)24(20)30/h3-9,14,17,22,33H,10-13,15-16H2,1-2H3/t17?,22-/m1/s1. The maximum atomic E-state index is 13.0. The Hall–Kier alpha value is -2.42. The maximum Gasteiger partial charge on any atom is 0.216 e. The van der Waals surface area contributed by atoms with Gasteiger partial charge in [0.1, 0.15) is 17.3 Å². The molecule has 2 saturated heterocycles. The zero-order valence-corrected chi connectivity index (χ0v) is 23.5. The highest BCUT2D eigenvalue weighted by Gasteiger charge is 2.46. The van der Waals surface area contributed by atoms with Crippen molar-refractivity contribution in [1.29, 1.82) is 0 Å². The summed E-state index contributed by atoms with van der Waals surface area (Å²) in [6, 6.07) is 13.5. The number of aromatic nitrogens is 2. The van der Waals surface area contributed by atoms with Gasteiger partial charge in [-0.1, -0.05) is 53.0 Å². The van der Waals surface area contributed by atoms with E-state index in [1.54, 1.807) is 31.5 Å². The van der Waals surface area contributed by atoms with E-state index in [2.05, 4.69) is 39.2 Å². The van der Waals surface area contributed by atoms with Crippen LogP contribution in [0.25, 0.3) is 0 Å². The first-order valence-electron chi connectivity index (χ1n) is 12.6. The lowest BCUT2D eigenvalue weighted by atomic mass is 9.74. The lowest BCUT2D eigenvalue weighted by Crippen LogP contribution is -2.51. The third-order valence-corrected chi connectivity index (χ3v) is 8.77. The van der Waals surface area contributed by atoms with Crippen LogP contribution in [0.3, 0.4) is 0 Å². The summed E-state index contributed by atoms with van der Waals surface area (Å²) in [5.41, 5.74) is 1.55. The van der Waals surface area contributed by atoms with E-state index in [1.165, 1.54) is 5.56 Å². The number of carbonyl (C=O) groups excluding carboxylic acids is 1. The Morgan fingerprint density at radius 3 is 2.58 bits per heavy atom. The molecular formula is C28H29Cl3N4O3. The van der Waals surface area contributed by atoms with Crippen molar-refractivity contribution in [1.82, 2.24) is 15.3 Å². The molecule has 7 nitrogen and oxygen atoms in total. The summed E-state index contributed by atoms with van der Waals surface area (Å²) >= 11 is 18.7. The molecule has 2 atom stereocenters. The summed E-state index contributed by atoms with van der Waals surface area (Å²) in [5, 5.41) is 4.32. The summed E-state index contributed by atoms with van der Waals surface area (Å²) in [4.78, 5) is 24.0. The Labute approximate surface area is 237 Å². The van der Waals surface area contributed by atoms with E-state index in [0.717, 1.165) is 38.3 Å². The van der Waals surface area contributed by atoms with Gasteiger partial charge in [0.25, 0.3) is 0 Å². The molecule has 0 bridgehead atoms. The van der Waals surface area contributed by atoms with Gasteiger partial charge < -0.3 is 19.7 Å². The number of methoxy groups -OCH3 is 1. The minimum absolute atomic E-state index is 0.0425. The fourth-order valence-electron chi connectivity index (χ4n) is 5.32. The molecule has 2 aliphatic rings. The van der Waals surface area contributed by atoms with E-state index in [1.807, 2.05) is 12.1 Å². The van der Waals surface area contributed by atoms with Crippen molar-refractivity contribution < 1.29 is 14.3 Å². The van der Waals surface area contributed by atoms with Crippen LogP contribution >= 0.6 is 34.8 Å². The second kappa shape index (κ2) is 11.4. The first-order valence-corrected chi connectivity index (χ1v) is 13.7. The number of halogens is 3. The molecule has 0 amide bonds. The van der Waals surface area contributed by atoms with E-state index >= 15 is 0 Å². The summed E-state index contributed by atoms with van der Waals surface area (Å²) in [6.45, 7) is 5.18. The number of hydrogen-bond donors (Lipinski definition) is 1. The molecule has 1 N–H and O–H groups in total. The lowest BCUT2D eigenvalue weighted by Gasteiger charge is -2.43. The quantitative estimate of drug-likeness (QED) is 0.346. The Bertz CT molecular complexity index is 1310. The summed E-state index contributed by atoms with van der Waals surface area (Å²) in [6.07, 6.45) is 3.48. The van der Waals surface area contributed by atoms with Gasteiger partial charge in [-0.3, -0.25) is 4.79 Å². The number of benzene rings is 2. The van der Waals surface area contributed by atoms with Crippen LogP contribution in [0.5, 0.6) is 5.75 Å². The number of anilines is 1. The largest absolute Gasteiger partial charge is 0.497 e. The van der Waals surface area contributed by atoms with E-state index in [-0.39, 0.29) is 38.9 Å². The van der Waals surface area contributed by atoms with Crippen LogP contribution in [0.4, 0.5) is 5.82 Å². The molecule has 200 valence electrons. The van der Waals surface area contributed by atoms with Crippen LogP contribution in [-0.2, 0) is 4.74 Å². The van der Waals surface area contributed by atoms with Crippen LogP contribution in [0, 0.1) is 5.41 Å². The number of rotatable bonds is 7. The Morgan fingerprint density at radius 2 is 1.89 bits per heavy atom. The third kappa shape index (κ3) is 5.36. The normalized spacial score (nSPS) is 19.5. The molecule has 2 aromatic carbocycles. The Morgan fingerprint density at radius 1 is 1.16 bits per heavy atom. The Balaban J connectivity index is 1.24. The van der Waals surface area contributed by atoms with Gasteiger partial charge in [0.05, 0.1) is 36.6 Å². The molecule has 0 aliphatic carbocycles. The number of ketones is 1. The van der Waals surface area contributed by atoms with E-state index in [0.29, 0.717) is 17.4 Å². The number of nitrogens with zero attached hydrogens (tertiary/aromatic N) is 3. The molecule has 38 heavy (non-hydrogen) atoms. The zero-order valence-electron chi connectivity index (χ0n) is 21.2. The van der Waals surface area contributed by atoms with Crippen molar-refractivity contribution in [3.8, 4) is 5.75 Å². The molecule has 1 unspecified atom stereocenters. The highest BCUT2D eigenvalue weighted by molar-refractivity contribution is 6.44. The van der Waals surface area contributed by atoms with Crippen LogP contribution in [0.1, 0.15) is 47.4 Å². The van der Waals surface area contributed by atoms with Crippen molar-refractivity contribution in [2.24, 2.45) is 5.41 Å². The molecule has 1 spiro atoms. The minimum atomic E-state index is -0.415. The predicted octanol–water partition coefficient (Wildman–Crippen LogP) is 6.01. The van der Waals surface area contributed by atoms with Crippen LogP contribution in [0.15, 0.2) is 48.7 Å². The van der Waals surface area contributed by atoms with Gasteiger partial charge in [-0.2, -0.15) is 0 Å². The van der Waals surface area contributed by atoms with Gasteiger partial charge in [0.15, 0.2) is 5.15 Å². The smallest absolute Gasteiger partial charge is 0.216 e. The van der Waals surface area contributed by atoms with E-state index < -0.39 is 5.78 Å². The minimum Gasteiger partial charge on any atom is -0.497 e. The topological polar surface area (TPSA) is 76.6 Å². The molecule has 5 rings (SSSR count). The second-order valence-electron chi connectivity index (χ2n) is 9.88. The van der Waals surface area contributed by atoms with Crippen molar-refractivity contribution in [3.63, 3.8) is 0 Å². The molecular weight excluding hydrogens is 547 g/mol. The number of carbonyl (C=O) groups is 1. The van der Waals surface area contributed by atoms with Gasteiger partial charge >= 0.3 is 0 Å². The SMILES string of the molecule is COc1ccc(C(C)N[C@@H]2COCC23CCN(c2cnc(C(=O)c4cccc(Cl)c4Cl)c(Cl)n2)CC3)cc1. The molecule has 3 heterocycles. The van der Waals surface area contributed by atoms with Crippen LogP contribution < -0.4 is 15.0 Å². The number of piperidine rings is 1. The average Bonchev–Trinajstić information content (AvgIpc) is 3.31. The van der Waals surface area contributed by atoms with Crippen LogP contribution in [-0.4, -0.2) is 55.2 Å². The fraction of sp³-hybridized carbons (Fsp3) is 0.393. The average molecular weight is 576 g/mol. The molecule has 2 fully saturated rings. The zero-order chi connectivity index (χ0) is 26.9. The van der Waals surface area contributed by atoms with Crippen LogP contribution in [0.2, 0.25) is 15.2 Å². The van der Waals surface area contributed by atoms with Gasteiger partial charge in [-0.15, -0.1) is 0 Å². The van der Waals surface area contributed by atoms with E-state index in [9.17, 15) is 4.79 Å². The maximum absolute atomic E-state index is 13.0. The van der Waals surface area contributed by atoms with E-state index in [4.69, 9.17) is 44.3 Å². The predicted molar refractivity (Wildman–Crippen MR) is 150 cm³/mol. The first-order chi connectivity index (χ1) is 18.3. The number of hydrogen-bond acceptors (Lipinski definition) is 7. The highest BCUT2D eigenvalue weighted by atomic mass is 35.5. The van der Waals surface area contributed by atoms with Gasteiger partial charge in [-0.25, -0.2) is 9.97 Å². The Kier molecular flexibility index (Phi) is 8.12. The number of nitrogens with one attached hydrogen (secondary N) is 1. The third-order valence-electron chi connectivity index (χ3n) is 7.69. The van der Waals surface area contributed by atoms with Crippen molar-refractivity contribution in [2.45, 2.75) is 31.8 Å². The highest BCUT2D eigenvalue weighted by Crippen LogP contribution is 2.41. The van der Waals surface area contributed by atoms with Crippen molar-refractivity contribution in [3.05, 3.63) is 80.7 Å². The van der Waals surface area contributed by atoms with Gasteiger partial charge in [0, 0.05) is 36.2 Å². The summed E-state index contributed by atoms with van der Waals surface area (Å²) in [7, 11) is 1.67. The molecule has 3 aromatic rings. The first kappa shape index (κ1) is 27.2. The fourth-order valence-corrected chi connectivity index (χ4v) is 5.92. The molecule has 10 heteroatoms. The molecule has 1 aromatic heterocycles. The lowest BCUT2D eigenvalue weighted by molar-refractivity contribution is 0.103. The summed E-state index contributed by atoms with van der Waals surface area (Å²) in [5.74, 6) is 1.08.